The molecule has 1 aromatic heterocycles. The van der Waals surface area contributed by atoms with E-state index in [0.29, 0.717) is 11.3 Å². The fraction of sp³-hybridized carbons (Fsp3) is 0. The van der Waals surface area contributed by atoms with Crippen molar-refractivity contribution in [1.29, 1.82) is 0 Å². The maximum absolute atomic E-state index is 12.9. The van der Waals surface area contributed by atoms with Crippen LogP contribution in [0.3, 0.4) is 0 Å². The van der Waals surface area contributed by atoms with E-state index in [-0.39, 0.29) is 11.3 Å². The van der Waals surface area contributed by atoms with E-state index in [1.807, 2.05) is 60.7 Å². The highest BCUT2D eigenvalue weighted by Crippen LogP contribution is 2.26. The van der Waals surface area contributed by atoms with Crippen molar-refractivity contribution in [3.63, 3.8) is 0 Å². The van der Waals surface area contributed by atoms with Crippen molar-refractivity contribution in [2.75, 3.05) is 5.32 Å². The molecule has 0 bridgehead atoms. The molecule has 5 nitrogen and oxygen atoms in total. The van der Waals surface area contributed by atoms with Gasteiger partial charge in [-0.15, -0.1) is 0 Å². The molecule has 2 N–H and O–H groups in total. The largest absolute Gasteiger partial charge is 0.478 e. The van der Waals surface area contributed by atoms with Crippen LogP contribution in [0.4, 0.5) is 5.69 Å². The van der Waals surface area contributed by atoms with Gasteiger partial charge in [0, 0.05) is 17.3 Å². The molecule has 0 unspecified atom stereocenters. The van der Waals surface area contributed by atoms with Gasteiger partial charge in [-0.2, -0.15) is 0 Å². The molecule has 4 aromatic rings. The van der Waals surface area contributed by atoms with Crippen LogP contribution < -0.4 is 5.32 Å². The zero-order valence-electron chi connectivity index (χ0n) is 15.9. The molecular formula is C25H18N2O3. The van der Waals surface area contributed by atoms with Crippen LogP contribution in [0, 0.1) is 0 Å². The second kappa shape index (κ2) is 8.41. The maximum atomic E-state index is 12.9. The summed E-state index contributed by atoms with van der Waals surface area (Å²) < 4.78 is 0. The number of carbonyl (C=O) groups excluding carboxylic acids is 1. The van der Waals surface area contributed by atoms with Crippen LogP contribution in [0.5, 0.6) is 0 Å². The summed E-state index contributed by atoms with van der Waals surface area (Å²) in [7, 11) is 0. The monoisotopic (exact) mass is 394 g/mol. The molecule has 0 fully saturated rings. The Balaban J connectivity index is 1.66. The van der Waals surface area contributed by atoms with Crippen molar-refractivity contribution in [3.05, 3.63) is 108 Å². The Hall–Kier alpha value is -4.25. The summed E-state index contributed by atoms with van der Waals surface area (Å²) >= 11 is 0. The number of carboxylic acid groups (broad SMARTS) is 1. The molecule has 5 heteroatoms. The van der Waals surface area contributed by atoms with Crippen molar-refractivity contribution in [3.8, 4) is 22.4 Å². The van der Waals surface area contributed by atoms with E-state index >= 15 is 0 Å². The third-order valence-electron chi connectivity index (χ3n) is 4.70. The number of aromatic nitrogens is 1. The predicted octanol–water partition coefficient (Wildman–Crippen LogP) is 5.37. The number of anilines is 1. The Morgan fingerprint density at radius 2 is 1.40 bits per heavy atom. The minimum atomic E-state index is -1.11. The molecule has 30 heavy (non-hydrogen) atoms. The molecule has 0 saturated heterocycles. The smallest absolute Gasteiger partial charge is 0.337 e. The molecule has 0 aliphatic rings. The first-order chi connectivity index (χ1) is 14.6. The van der Waals surface area contributed by atoms with Gasteiger partial charge in [-0.3, -0.25) is 9.78 Å². The van der Waals surface area contributed by atoms with E-state index in [1.54, 1.807) is 30.5 Å². The summed E-state index contributed by atoms with van der Waals surface area (Å²) in [4.78, 5) is 28.9. The van der Waals surface area contributed by atoms with Gasteiger partial charge in [-0.05, 0) is 35.4 Å². The van der Waals surface area contributed by atoms with Gasteiger partial charge in [-0.1, -0.05) is 66.7 Å². The summed E-state index contributed by atoms with van der Waals surface area (Å²) in [6, 6.07) is 27.3. The number of pyridine rings is 1. The molecule has 146 valence electrons. The second-order valence-corrected chi connectivity index (χ2v) is 6.68. The molecule has 4 rings (SSSR count). The van der Waals surface area contributed by atoms with Crippen molar-refractivity contribution in [2.45, 2.75) is 0 Å². The highest BCUT2D eigenvalue weighted by Gasteiger charge is 2.15. The van der Waals surface area contributed by atoms with Crippen LogP contribution in [0.2, 0.25) is 0 Å². The maximum Gasteiger partial charge on any atom is 0.337 e. The highest BCUT2D eigenvalue weighted by atomic mass is 16.4. The van der Waals surface area contributed by atoms with E-state index in [2.05, 4.69) is 10.3 Å². The number of carboxylic acids is 1. The third-order valence-corrected chi connectivity index (χ3v) is 4.70. The highest BCUT2D eigenvalue weighted by molar-refractivity contribution is 6.08. The topological polar surface area (TPSA) is 79.3 Å². The van der Waals surface area contributed by atoms with Crippen LogP contribution in [0.1, 0.15) is 20.7 Å². The van der Waals surface area contributed by atoms with Crippen LogP contribution >= 0.6 is 0 Å². The van der Waals surface area contributed by atoms with Crippen LogP contribution in [0.25, 0.3) is 22.4 Å². The van der Waals surface area contributed by atoms with Gasteiger partial charge in [0.1, 0.15) is 0 Å². The summed E-state index contributed by atoms with van der Waals surface area (Å²) in [6.07, 6.45) is 1.57. The Morgan fingerprint density at radius 1 is 0.733 bits per heavy atom. The SMILES string of the molecule is O=C(Nc1cc(-c2ccccc2)ccc1C(=O)O)c1ccnc(-c2ccccc2)c1. The lowest BCUT2D eigenvalue weighted by Gasteiger charge is -2.12. The number of amides is 1. The summed E-state index contributed by atoms with van der Waals surface area (Å²) in [5.41, 5.74) is 3.97. The van der Waals surface area contributed by atoms with E-state index in [0.717, 1.165) is 16.7 Å². The van der Waals surface area contributed by atoms with Gasteiger partial charge in [0.2, 0.25) is 0 Å². The average Bonchev–Trinajstić information content (AvgIpc) is 2.80. The van der Waals surface area contributed by atoms with E-state index in [9.17, 15) is 14.7 Å². The minimum Gasteiger partial charge on any atom is -0.478 e. The first-order valence-corrected chi connectivity index (χ1v) is 9.37. The van der Waals surface area contributed by atoms with Crippen molar-refractivity contribution in [1.82, 2.24) is 4.98 Å². The van der Waals surface area contributed by atoms with Crippen LogP contribution in [-0.2, 0) is 0 Å². The average molecular weight is 394 g/mol. The zero-order chi connectivity index (χ0) is 20.9. The molecule has 0 aliphatic heterocycles. The standard InChI is InChI=1S/C25H18N2O3/c28-24(20-13-14-26-22(16-20)18-9-5-2-6-10-18)27-23-15-19(11-12-21(23)25(29)30)17-7-3-1-4-8-17/h1-16H,(H,27,28)(H,29,30). The Morgan fingerprint density at radius 3 is 2.07 bits per heavy atom. The number of aromatic carboxylic acids is 1. The quantitative estimate of drug-likeness (QED) is 0.477. The Labute approximate surface area is 173 Å². The van der Waals surface area contributed by atoms with Crippen LogP contribution in [0.15, 0.2) is 97.2 Å². The summed E-state index contributed by atoms with van der Waals surface area (Å²) in [5, 5.41) is 12.3. The lowest BCUT2D eigenvalue weighted by atomic mass is 10.0. The van der Waals surface area contributed by atoms with Crippen molar-refractivity contribution in [2.24, 2.45) is 0 Å². The number of hydrogen-bond donors (Lipinski definition) is 2. The number of hydrogen-bond acceptors (Lipinski definition) is 3. The minimum absolute atomic E-state index is 0.0281. The lowest BCUT2D eigenvalue weighted by molar-refractivity contribution is 0.0698. The molecule has 0 atom stereocenters. The first-order valence-electron chi connectivity index (χ1n) is 9.37. The fourth-order valence-corrected chi connectivity index (χ4v) is 3.18. The molecule has 3 aromatic carbocycles. The number of nitrogens with one attached hydrogen (secondary N) is 1. The normalized spacial score (nSPS) is 10.4. The molecule has 0 aliphatic carbocycles. The number of nitrogens with zero attached hydrogens (tertiary/aromatic N) is 1. The van der Waals surface area contributed by atoms with Crippen molar-refractivity contribution >= 4 is 17.6 Å². The van der Waals surface area contributed by atoms with Gasteiger partial charge in [0.05, 0.1) is 16.9 Å². The van der Waals surface area contributed by atoms with Gasteiger partial charge < -0.3 is 10.4 Å². The van der Waals surface area contributed by atoms with Gasteiger partial charge in [0.25, 0.3) is 5.91 Å². The molecule has 1 amide bonds. The molecule has 0 spiro atoms. The first kappa shape index (κ1) is 19.1. The van der Waals surface area contributed by atoms with Crippen LogP contribution in [-0.4, -0.2) is 22.0 Å². The number of rotatable bonds is 5. The third kappa shape index (κ3) is 4.10. The molecule has 1 heterocycles. The van der Waals surface area contributed by atoms with Gasteiger partial charge in [0.15, 0.2) is 0 Å². The fourth-order valence-electron chi connectivity index (χ4n) is 3.18. The van der Waals surface area contributed by atoms with Gasteiger partial charge >= 0.3 is 5.97 Å². The van der Waals surface area contributed by atoms with Crippen molar-refractivity contribution < 1.29 is 14.7 Å². The molecule has 0 radical (unpaired) electrons. The molecule has 0 saturated carbocycles. The number of benzene rings is 3. The zero-order valence-corrected chi connectivity index (χ0v) is 15.9. The molecular weight excluding hydrogens is 376 g/mol. The van der Waals surface area contributed by atoms with E-state index < -0.39 is 11.9 Å². The Kier molecular flexibility index (Phi) is 5.35. The summed E-state index contributed by atoms with van der Waals surface area (Å²) in [6.45, 7) is 0. The lowest BCUT2D eigenvalue weighted by Crippen LogP contribution is -2.15. The Bertz CT molecular complexity index is 1210. The number of carbonyl (C=O) groups is 2. The van der Waals surface area contributed by atoms with E-state index in [1.165, 1.54) is 6.07 Å². The predicted molar refractivity (Wildman–Crippen MR) is 116 cm³/mol. The van der Waals surface area contributed by atoms with Gasteiger partial charge in [-0.25, -0.2) is 4.79 Å². The summed E-state index contributed by atoms with van der Waals surface area (Å²) in [5.74, 6) is -1.51. The second-order valence-electron chi connectivity index (χ2n) is 6.68. The van der Waals surface area contributed by atoms with E-state index in [4.69, 9.17) is 0 Å².